The molecule has 0 spiro atoms. The molecule has 0 radical (unpaired) electrons. The number of aromatic nitrogens is 1. The summed E-state index contributed by atoms with van der Waals surface area (Å²) in [6, 6.07) is 1.70. The van der Waals surface area contributed by atoms with Crippen molar-refractivity contribution in [2.24, 2.45) is 5.41 Å². The molecule has 0 saturated heterocycles. The van der Waals surface area contributed by atoms with Gasteiger partial charge in [-0.2, -0.15) is 0 Å². The first kappa shape index (κ1) is 14.6. The highest BCUT2D eigenvalue weighted by atomic mass is 35.5. The fourth-order valence-corrected chi connectivity index (χ4v) is 3.15. The van der Waals surface area contributed by atoms with Crippen LogP contribution in [0.25, 0.3) is 0 Å². The van der Waals surface area contributed by atoms with Gasteiger partial charge in [0.15, 0.2) is 5.15 Å². The molecule has 0 bridgehead atoms. The molecule has 3 nitrogen and oxygen atoms in total. The third-order valence-corrected chi connectivity index (χ3v) is 4.35. The lowest BCUT2D eigenvalue weighted by atomic mass is 9.75. The van der Waals surface area contributed by atoms with Crippen molar-refractivity contribution in [1.29, 1.82) is 0 Å². The van der Waals surface area contributed by atoms with Gasteiger partial charge in [0, 0.05) is 5.41 Å². The molecule has 0 unspecified atom stereocenters. The van der Waals surface area contributed by atoms with E-state index < -0.39 is 0 Å². The minimum atomic E-state index is -0.298. The lowest BCUT2D eigenvalue weighted by Crippen LogP contribution is -2.35. The summed E-state index contributed by atoms with van der Waals surface area (Å²) in [5.74, 6) is 0.0290. The van der Waals surface area contributed by atoms with Gasteiger partial charge < -0.3 is 5.32 Å². The largest absolute Gasteiger partial charge is 0.323 e. The zero-order chi connectivity index (χ0) is 14.0. The summed E-state index contributed by atoms with van der Waals surface area (Å²) in [5, 5.41) is 3.51. The summed E-state index contributed by atoms with van der Waals surface area (Å²) in [5.41, 5.74) is 1.11. The summed E-state index contributed by atoms with van der Waals surface area (Å²) < 4.78 is 0. The summed E-state index contributed by atoms with van der Waals surface area (Å²) >= 11 is 11.9. The van der Waals surface area contributed by atoms with Gasteiger partial charge in [0.2, 0.25) is 5.91 Å². The van der Waals surface area contributed by atoms with Gasteiger partial charge in [0.05, 0.1) is 5.69 Å². The predicted octanol–water partition coefficient (Wildman–Crippen LogP) is 4.61. The molecule has 1 amide bonds. The van der Waals surface area contributed by atoms with Crippen LogP contribution in [0.3, 0.4) is 0 Å². The number of hydrogen-bond donors (Lipinski definition) is 1. The Bertz CT molecular complexity index is 473. The number of carbonyl (C=O) groups excluding carboxylic acids is 1. The average molecular weight is 301 g/mol. The number of nitrogens with zero attached hydrogens (tertiary/aromatic N) is 1. The van der Waals surface area contributed by atoms with E-state index in [-0.39, 0.29) is 16.5 Å². The summed E-state index contributed by atoms with van der Waals surface area (Å²) in [4.78, 5) is 16.4. The van der Waals surface area contributed by atoms with Crippen LogP contribution in [0.15, 0.2) is 6.07 Å². The second-order valence-corrected chi connectivity index (χ2v) is 6.25. The minimum Gasteiger partial charge on any atom is -0.323 e. The molecule has 1 aromatic rings. The number of aryl methyl sites for hydroxylation is 1. The number of carbonyl (C=O) groups is 1. The number of pyridine rings is 1. The van der Waals surface area contributed by atoms with Crippen LogP contribution >= 0.6 is 23.2 Å². The summed E-state index contributed by atoms with van der Waals surface area (Å²) in [6.07, 6.45) is 5.28. The van der Waals surface area contributed by atoms with Crippen LogP contribution in [0.4, 0.5) is 5.69 Å². The maximum Gasteiger partial charge on any atom is 0.230 e. The maximum atomic E-state index is 12.4. The van der Waals surface area contributed by atoms with Crippen LogP contribution in [0.5, 0.6) is 0 Å². The van der Waals surface area contributed by atoms with Crippen LogP contribution in [-0.4, -0.2) is 10.9 Å². The molecular weight excluding hydrogens is 283 g/mol. The smallest absolute Gasteiger partial charge is 0.230 e. The van der Waals surface area contributed by atoms with E-state index in [9.17, 15) is 4.79 Å². The number of anilines is 1. The Balaban J connectivity index is 2.19. The number of rotatable bonds is 2. The van der Waals surface area contributed by atoms with Crippen molar-refractivity contribution in [3.05, 3.63) is 21.9 Å². The molecule has 0 atom stereocenters. The van der Waals surface area contributed by atoms with Gasteiger partial charge in [0.1, 0.15) is 5.15 Å². The van der Waals surface area contributed by atoms with E-state index in [1.54, 1.807) is 6.07 Å². The normalized spacial score (nSPS) is 18.1. The van der Waals surface area contributed by atoms with Crippen molar-refractivity contribution in [2.75, 3.05) is 5.32 Å². The Labute approximate surface area is 123 Å². The summed E-state index contributed by atoms with van der Waals surface area (Å²) in [7, 11) is 0. The third kappa shape index (κ3) is 3.21. The van der Waals surface area contributed by atoms with Crippen molar-refractivity contribution in [3.63, 3.8) is 0 Å². The standard InChI is InChI=1S/C14H18Cl2N2O/c1-9-8-10(15)17-12(16)11(9)18-13(19)14(2)6-4-3-5-7-14/h8H,3-7H2,1-2H3,(H,18,19). The van der Waals surface area contributed by atoms with E-state index in [1.165, 1.54) is 6.42 Å². The highest BCUT2D eigenvalue weighted by molar-refractivity contribution is 6.34. The summed E-state index contributed by atoms with van der Waals surface area (Å²) in [6.45, 7) is 3.88. The van der Waals surface area contributed by atoms with Gasteiger partial charge in [-0.25, -0.2) is 4.98 Å². The Morgan fingerprint density at radius 1 is 1.32 bits per heavy atom. The highest BCUT2D eigenvalue weighted by Gasteiger charge is 2.35. The molecule has 5 heteroatoms. The second kappa shape index (κ2) is 5.68. The molecule has 0 aliphatic heterocycles. The Hall–Kier alpha value is -0.800. The Morgan fingerprint density at radius 2 is 1.95 bits per heavy atom. The highest BCUT2D eigenvalue weighted by Crippen LogP contribution is 2.37. The topological polar surface area (TPSA) is 42.0 Å². The minimum absolute atomic E-state index is 0.0290. The van der Waals surface area contributed by atoms with Crippen LogP contribution in [0.1, 0.15) is 44.6 Å². The molecule has 19 heavy (non-hydrogen) atoms. The maximum absolute atomic E-state index is 12.4. The molecule has 1 heterocycles. The van der Waals surface area contributed by atoms with E-state index in [0.29, 0.717) is 10.8 Å². The third-order valence-electron chi connectivity index (χ3n) is 3.89. The molecule has 1 aliphatic rings. The van der Waals surface area contributed by atoms with Crippen LogP contribution < -0.4 is 5.32 Å². The molecule has 2 rings (SSSR count). The zero-order valence-corrected chi connectivity index (χ0v) is 12.7. The van der Waals surface area contributed by atoms with Crippen LogP contribution in [0.2, 0.25) is 10.3 Å². The molecule has 1 fully saturated rings. The molecule has 1 aromatic heterocycles. The molecular formula is C14H18Cl2N2O. The monoisotopic (exact) mass is 300 g/mol. The first-order valence-electron chi connectivity index (χ1n) is 6.56. The van der Waals surface area contributed by atoms with Crippen molar-refractivity contribution in [2.45, 2.75) is 46.0 Å². The average Bonchev–Trinajstić information content (AvgIpc) is 2.34. The van der Waals surface area contributed by atoms with E-state index in [4.69, 9.17) is 23.2 Å². The van der Waals surface area contributed by atoms with Crippen molar-refractivity contribution in [1.82, 2.24) is 4.98 Å². The van der Waals surface area contributed by atoms with Gasteiger partial charge in [0.25, 0.3) is 0 Å². The second-order valence-electron chi connectivity index (χ2n) is 5.50. The number of hydrogen-bond acceptors (Lipinski definition) is 2. The quantitative estimate of drug-likeness (QED) is 0.811. The molecule has 1 saturated carbocycles. The first-order chi connectivity index (χ1) is 8.92. The Morgan fingerprint density at radius 3 is 2.53 bits per heavy atom. The fraction of sp³-hybridized carbons (Fsp3) is 0.571. The van der Waals surface area contributed by atoms with Gasteiger partial charge in [-0.05, 0) is 31.4 Å². The Kier molecular flexibility index (Phi) is 4.36. The van der Waals surface area contributed by atoms with Crippen molar-refractivity contribution >= 4 is 34.8 Å². The number of halogens is 2. The van der Waals surface area contributed by atoms with E-state index >= 15 is 0 Å². The van der Waals surface area contributed by atoms with Crippen molar-refractivity contribution < 1.29 is 4.79 Å². The molecule has 1 N–H and O–H groups in total. The van der Waals surface area contributed by atoms with Gasteiger partial charge in [-0.1, -0.05) is 49.4 Å². The fourth-order valence-electron chi connectivity index (χ4n) is 2.57. The number of nitrogens with one attached hydrogen (secondary N) is 1. The molecule has 0 aromatic carbocycles. The van der Waals surface area contributed by atoms with E-state index in [0.717, 1.165) is 31.2 Å². The van der Waals surface area contributed by atoms with E-state index in [2.05, 4.69) is 10.3 Å². The predicted molar refractivity (Wildman–Crippen MR) is 78.8 cm³/mol. The van der Waals surface area contributed by atoms with Gasteiger partial charge >= 0.3 is 0 Å². The molecule has 104 valence electrons. The van der Waals surface area contributed by atoms with Gasteiger partial charge in [-0.3, -0.25) is 4.79 Å². The van der Waals surface area contributed by atoms with Crippen LogP contribution in [0, 0.1) is 12.3 Å². The first-order valence-corrected chi connectivity index (χ1v) is 7.32. The SMILES string of the molecule is Cc1cc(Cl)nc(Cl)c1NC(=O)C1(C)CCCCC1. The van der Waals surface area contributed by atoms with Crippen LogP contribution in [-0.2, 0) is 4.79 Å². The molecule has 1 aliphatic carbocycles. The van der Waals surface area contributed by atoms with Gasteiger partial charge in [-0.15, -0.1) is 0 Å². The number of amides is 1. The van der Waals surface area contributed by atoms with Crippen molar-refractivity contribution in [3.8, 4) is 0 Å². The van der Waals surface area contributed by atoms with E-state index in [1.807, 2.05) is 13.8 Å². The lowest BCUT2D eigenvalue weighted by molar-refractivity contribution is -0.126. The lowest BCUT2D eigenvalue weighted by Gasteiger charge is -2.32. The zero-order valence-electron chi connectivity index (χ0n) is 11.2.